The number of amides is 4. The molecular weight excluding hydrogens is 522 g/mol. The molecule has 0 saturated carbocycles. The van der Waals surface area contributed by atoms with Gasteiger partial charge in [-0.3, -0.25) is 19.2 Å². The maximum absolute atomic E-state index is 13.7. The molecule has 2 aromatic carbocycles. The third-order valence-corrected chi connectivity index (χ3v) is 7.28. The third kappa shape index (κ3) is 8.94. The van der Waals surface area contributed by atoms with E-state index in [-0.39, 0.29) is 25.3 Å². The van der Waals surface area contributed by atoms with Crippen molar-refractivity contribution in [1.82, 2.24) is 20.9 Å². The van der Waals surface area contributed by atoms with Gasteiger partial charge in [-0.25, -0.2) is 0 Å². The van der Waals surface area contributed by atoms with E-state index in [4.69, 9.17) is 17.2 Å². The van der Waals surface area contributed by atoms with Crippen molar-refractivity contribution in [3.8, 4) is 0 Å². The lowest BCUT2D eigenvalue weighted by Gasteiger charge is -2.29. The summed E-state index contributed by atoms with van der Waals surface area (Å²) in [6, 6.07) is 10.7. The molecule has 3 rings (SSSR count). The number of nitrogens with two attached hydrogens (primary N) is 3. The average Bonchev–Trinajstić information content (AvgIpc) is 3.32. The number of fused-ring (bicyclic) bond motifs is 1. The highest BCUT2D eigenvalue weighted by Gasteiger charge is 2.41. The van der Waals surface area contributed by atoms with E-state index < -0.39 is 41.9 Å². The lowest BCUT2D eigenvalue weighted by atomic mass is 10.0. The van der Waals surface area contributed by atoms with Crippen LogP contribution in [0.5, 0.6) is 0 Å². The van der Waals surface area contributed by atoms with Gasteiger partial charge in [-0.1, -0.05) is 42.5 Å². The summed E-state index contributed by atoms with van der Waals surface area (Å²) in [6.07, 6.45) is 2.18. The van der Waals surface area contributed by atoms with Crippen LogP contribution in [0, 0.1) is 0 Å². The van der Waals surface area contributed by atoms with Crippen LogP contribution in [-0.2, 0) is 25.6 Å². The van der Waals surface area contributed by atoms with E-state index in [1.165, 1.54) is 11.8 Å². The van der Waals surface area contributed by atoms with Gasteiger partial charge in [0, 0.05) is 32.5 Å². The standard InChI is InChI=1S/C30H43N7O4/c1-18(2)27(32)34-13-7-6-10-24(28(33)39)36-29(40)26-16-23(31)17-37(26)30(41)25(35-19(3)38)15-20-11-12-21-8-4-5-9-22(21)14-20/h4-5,8-9,11-12,14,23-26,34H,6-7,10,13,15-17,31-32H2,1-3H3,(H2,33,39)(H,35,38)(H,36,40). The Morgan fingerprint density at radius 3 is 2.32 bits per heavy atom. The normalized spacial score (nSPS) is 17.9. The van der Waals surface area contributed by atoms with E-state index in [0.29, 0.717) is 25.2 Å². The number of allylic oxidation sites excluding steroid dienone is 1. The molecule has 4 unspecified atom stereocenters. The molecule has 4 amide bonds. The monoisotopic (exact) mass is 565 g/mol. The molecular formula is C30H43N7O4. The summed E-state index contributed by atoms with van der Waals surface area (Å²) in [5.74, 6) is -1.29. The quantitative estimate of drug-likeness (QED) is 0.193. The van der Waals surface area contributed by atoms with Gasteiger partial charge in [0.25, 0.3) is 0 Å². The van der Waals surface area contributed by atoms with E-state index in [9.17, 15) is 19.2 Å². The first-order chi connectivity index (χ1) is 19.5. The minimum Gasteiger partial charge on any atom is -0.386 e. The smallest absolute Gasteiger partial charge is 0.246 e. The van der Waals surface area contributed by atoms with Crippen molar-refractivity contribution in [3.05, 3.63) is 59.4 Å². The Kier molecular flexibility index (Phi) is 11.1. The number of unbranched alkanes of at least 4 members (excludes halogenated alkanes) is 1. The predicted molar refractivity (Wildman–Crippen MR) is 159 cm³/mol. The molecule has 41 heavy (non-hydrogen) atoms. The van der Waals surface area contributed by atoms with Crippen LogP contribution in [0.2, 0.25) is 0 Å². The summed E-state index contributed by atoms with van der Waals surface area (Å²) in [5, 5.41) is 10.7. The van der Waals surface area contributed by atoms with Gasteiger partial charge in [-0.05, 0) is 61.4 Å². The minimum absolute atomic E-state index is 0.156. The Balaban J connectivity index is 1.68. The minimum atomic E-state index is -0.888. The van der Waals surface area contributed by atoms with Crippen LogP contribution in [0.25, 0.3) is 10.8 Å². The number of hydrogen-bond donors (Lipinski definition) is 6. The largest absolute Gasteiger partial charge is 0.386 e. The van der Waals surface area contributed by atoms with Gasteiger partial charge in [0.15, 0.2) is 0 Å². The van der Waals surface area contributed by atoms with E-state index in [1.54, 1.807) is 0 Å². The predicted octanol–water partition coefficient (Wildman–Crippen LogP) is 0.755. The Bertz CT molecular complexity index is 1290. The summed E-state index contributed by atoms with van der Waals surface area (Å²) in [7, 11) is 0. The van der Waals surface area contributed by atoms with E-state index >= 15 is 0 Å². The lowest BCUT2D eigenvalue weighted by Crippen LogP contribution is -2.56. The summed E-state index contributed by atoms with van der Waals surface area (Å²) >= 11 is 0. The number of likely N-dealkylation sites (tertiary alicyclic amines) is 1. The number of hydrogen-bond acceptors (Lipinski definition) is 7. The first kappa shape index (κ1) is 31.4. The van der Waals surface area contributed by atoms with Crippen LogP contribution >= 0.6 is 0 Å². The van der Waals surface area contributed by atoms with Crippen molar-refractivity contribution >= 4 is 34.4 Å². The molecule has 0 spiro atoms. The number of rotatable bonds is 13. The Morgan fingerprint density at radius 2 is 1.66 bits per heavy atom. The Labute approximate surface area is 241 Å². The van der Waals surface area contributed by atoms with Crippen LogP contribution in [0.15, 0.2) is 53.9 Å². The van der Waals surface area contributed by atoms with E-state index in [2.05, 4.69) is 16.0 Å². The Hall–Kier alpha value is -4.12. The molecule has 0 bridgehead atoms. The van der Waals surface area contributed by atoms with Gasteiger partial charge in [-0.15, -0.1) is 0 Å². The van der Waals surface area contributed by atoms with Crippen LogP contribution in [0.4, 0.5) is 0 Å². The maximum atomic E-state index is 13.7. The number of carbonyl (C=O) groups excluding carboxylic acids is 4. The summed E-state index contributed by atoms with van der Waals surface area (Å²) in [5.41, 5.74) is 19.5. The molecule has 0 aromatic heterocycles. The molecule has 11 nitrogen and oxygen atoms in total. The van der Waals surface area contributed by atoms with Gasteiger partial charge in [0.1, 0.15) is 18.1 Å². The summed E-state index contributed by atoms with van der Waals surface area (Å²) < 4.78 is 0. The first-order valence-corrected chi connectivity index (χ1v) is 14.0. The van der Waals surface area contributed by atoms with Crippen molar-refractivity contribution in [2.75, 3.05) is 13.1 Å². The molecule has 0 aliphatic carbocycles. The fraction of sp³-hybridized carbons (Fsp3) is 0.467. The van der Waals surface area contributed by atoms with Crippen molar-refractivity contribution in [2.45, 2.75) is 77.0 Å². The molecule has 2 aromatic rings. The molecule has 1 saturated heterocycles. The fourth-order valence-electron chi connectivity index (χ4n) is 5.03. The van der Waals surface area contributed by atoms with Gasteiger partial charge in [0.05, 0.1) is 5.82 Å². The number of primary amides is 1. The summed E-state index contributed by atoms with van der Waals surface area (Å²) in [4.78, 5) is 52.7. The molecule has 1 heterocycles. The van der Waals surface area contributed by atoms with Gasteiger partial charge in [-0.2, -0.15) is 0 Å². The molecule has 222 valence electrons. The van der Waals surface area contributed by atoms with Crippen molar-refractivity contribution < 1.29 is 19.2 Å². The van der Waals surface area contributed by atoms with Crippen molar-refractivity contribution in [1.29, 1.82) is 0 Å². The average molecular weight is 566 g/mol. The molecule has 0 radical (unpaired) electrons. The molecule has 9 N–H and O–H groups in total. The number of nitrogens with zero attached hydrogens (tertiary/aromatic N) is 1. The topological polar surface area (TPSA) is 186 Å². The van der Waals surface area contributed by atoms with Crippen molar-refractivity contribution in [3.63, 3.8) is 0 Å². The SMILES string of the molecule is CC(=O)NC(Cc1ccc2ccccc2c1)C(=O)N1CC(N)CC1C(=O)NC(CCCCNC(N)=C(C)C)C(N)=O. The highest BCUT2D eigenvalue weighted by atomic mass is 16.2. The number of benzene rings is 2. The van der Waals surface area contributed by atoms with Crippen LogP contribution < -0.4 is 33.2 Å². The van der Waals surface area contributed by atoms with Crippen molar-refractivity contribution in [2.24, 2.45) is 17.2 Å². The fourth-order valence-corrected chi connectivity index (χ4v) is 5.03. The first-order valence-electron chi connectivity index (χ1n) is 14.0. The molecule has 1 aliphatic rings. The van der Waals surface area contributed by atoms with Crippen LogP contribution in [-0.4, -0.2) is 65.8 Å². The zero-order valence-electron chi connectivity index (χ0n) is 24.1. The van der Waals surface area contributed by atoms with Crippen LogP contribution in [0.1, 0.15) is 52.0 Å². The molecule has 11 heteroatoms. The molecule has 4 atom stereocenters. The van der Waals surface area contributed by atoms with Gasteiger partial charge < -0.3 is 38.1 Å². The summed E-state index contributed by atoms with van der Waals surface area (Å²) in [6.45, 7) is 5.94. The Morgan fingerprint density at radius 1 is 0.951 bits per heavy atom. The zero-order chi connectivity index (χ0) is 30.1. The second-order valence-corrected chi connectivity index (χ2v) is 10.9. The van der Waals surface area contributed by atoms with Gasteiger partial charge >= 0.3 is 0 Å². The maximum Gasteiger partial charge on any atom is 0.246 e. The molecule has 1 fully saturated rings. The van der Waals surface area contributed by atoms with Crippen LogP contribution in [0.3, 0.4) is 0 Å². The number of nitrogens with one attached hydrogen (secondary N) is 3. The zero-order valence-corrected chi connectivity index (χ0v) is 24.1. The second-order valence-electron chi connectivity index (χ2n) is 10.9. The van der Waals surface area contributed by atoms with E-state index in [1.807, 2.05) is 56.3 Å². The third-order valence-electron chi connectivity index (χ3n) is 7.28. The van der Waals surface area contributed by atoms with E-state index in [0.717, 1.165) is 28.3 Å². The van der Waals surface area contributed by atoms with Gasteiger partial charge in [0.2, 0.25) is 23.6 Å². The highest BCUT2D eigenvalue weighted by molar-refractivity contribution is 5.94. The molecule has 1 aliphatic heterocycles. The highest BCUT2D eigenvalue weighted by Crippen LogP contribution is 2.21. The second kappa shape index (κ2) is 14.5. The number of carbonyl (C=O) groups is 4. The lowest BCUT2D eigenvalue weighted by molar-refractivity contribution is -0.141.